The van der Waals surface area contributed by atoms with Crippen molar-refractivity contribution in [1.82, 2.24) is 15.1 Å². The van der Waals surface area contributed by atoms with Crippen molar-refractivity contribution in [3.63, 3.8) is 0 Å². The monoisotopic (exact) mass is 233 g/mol. The molecule has 2 heterocycles. The van der Waals surface area contributed by atoms with Gasteiger partial charge in [0.2, 0.25) is 5.89 Å². The van der Waals surface area contributed by atoms with Gasteiger partial charge in [0.05, 0.1) is 6.10 Å². The van der Waals surface area contributed by atoms with E-state index < -0.39 is 0 Å². The van der Waals surface area contributed by atoms with Gasteiger partial charge in [-0.2, -0.15) is 4.98 Å². The number of hydrogen-bond donors (Lipinski definition) is 1. The summed E-state index contributed by atoms with van der Waals surface area (Å²) in [5, 5.41) is 13.1. The molecule has 1 N–H and O–H groups in total. The third-order valence-electron chi connectivity index (χ3n) is 2.37. The Morgan fingerprint density at radius 2 is 2.35 bits per heavy atom. The maximum atomic E-state index is 9.16. The van der Waals surface area contributed by atoms with Gasteiger partial charge in [-0.3, -0.25) is 4.98 Å². The van der Waals surface area contributed by atoms with Crippen molar-refractivity contribution in [1.29, 1.82) is 0 Å². The molecule has 0 saturated carbocycles. The van der Waals surface area contributed by atoms with Crippen LogP contribution in [-0.4, -0.2) is 26.3 Å². The zero-order valence-electron chi connectivity index (χ0n) is 9.71. The third kappa shape index (κ3) is 3.64. The lowest BCUT2D eigenvalue weighted by Crippen LogP contribution is -2.01. The van der Waals surface area contributed by atoms with Crippen molar-refractivity contribution in [2.75, 3.05) is 0 Å². The molecule has 0 bridgehead atoms. The number of nitrogens with zero attached hydrogens (tertiary/aromatic N) is 3. The van der Waals surface area contributed by atoms with Crippen molar-refractivity contribution in [3.8, 4) is 0 Å². The van der Waals surface area contributed by atoms with E-state index in [1.54, 1.807) is 19.3 Å². The number of pyridine rings is 1. The quantitative estimate of drug-likeness (QED) is 0.844. The first kappa shape index (κ1) is 11.7. The Balaban J connectivity index is 1.94. The number of rotatable bonds is 5. The standard InChI is InChI=1S/C12H15N3O2/c1-9(16)4-5-12-14-11(15-17-12)7-10-3-2-6-13-8-10/h2-3,6,8-9,16H,4-5,7H2,1H3. The molecule has 0 aliphatic carbocycles. The normalized spacial score (nSPS) is 12.6. The second kappa shape index (κ2) is 5.54. The van der Waals surface area contributed by atoms with Crippen LogP contribution in [0.25, 0.3) is 0 Å². The Morgan fingerprint density at radius 1 is 1.47 bits per heavy atom. The molecule has 0 fully saturated rings. The fraction of sp³-hybridized carbons (Fsp3) is 0.417. The molecule has 0 amide bonds. The lowest BCUT2D eigenvalue weighted by molar-refractivity contribution is 0.180. The number of aryl methyl sites for hydroxylation is 1. The Kier molecular flexibility index (Phi) is 3.82. The molecule has 2 rings (SSSR count). The van der Waals surface area contributed by atoms with Gasteiger partial charge >= 0.3 is 0 Å². The zero-order chi connectivity index (χ0) is 12.1. The van der Waals surface area contributed by atoms with Crippen LogP contribution in [0.2, 0.25) is 0 Å². The van der Waals surface area contributed by atoms with Crippen molar-refractivity contribution < 1.29 is 9.63 Å². The molecule has 5 nitrogen and oxygen atoms in total. The van der Waals surface area contributed by atoms with E-state index in [2.05, 4.69) is 15.1 Å². The topological polar surface area (TPSA) is 72.0 Å². The van der Waals surface area contributed by atoms with Gasteiger partial charge in [0, 0.05) is 25.2 Å². The van der Waals surface area contributed by atoms with Gasteiger partial charge in [-0.25, -0.2) is 0 Å². The molecule has 5 heteroatoms. The van der Waals surface area contributed by atoms with E-state index in [1.165, 1.54) is 0 Å². The van der Waals surface area contributed by atoms with Crippen LogP contribution in [-0.2, 0) is 12.8 Å². The zero-order valence-corrected chi connectivity index (χ0v) is 9.71. The number of aliphatic hydroxyl groups is 1. The smallest absolute Gasteiger partial charge is 0.226 e. The van der Waals surface area contributed by atoms with Crippen molar-refractivity contribution >= 4 is 0 Å². The lowest BCUT2D eigenvalue weighted by atomic mass is 10.2. The Labute approximate surface area is 99.5 Å². The summed E-state index contributed by atoms with van der Waals surface area (Å²) >= 11 is 0. The molecule has 0 spiro atoms. The Bertz CT molecular complexity index is 454. The summed E-state index contributed by atoms with van der Waals surface area (Å²) in [4.78, 5) is 8.29. The molecule has 2 aromatic rings. The molecular weight excluding hydrogens is 218 g/mol. The summed E-state index contributed by atoms with van der Waals surface area (Å²) in [5.41, 5.74) is 1.05. The van der Waals surface area contributed by atoms with Crippen molar-refractivity contribution in [2.24, 2.45) is 0 Å². The first-order valence-corrected chi connectivity index (χ1v) is 5.62. The van der Waals surface area contributed by atoms with E-state index in [4.69, 9.17) is 9.63 Å². The molecule has 0 saturated heterocycles. The third-order valence-corrected chi connectivity index (χ3v) is 2.37. The highest BCUT2D eigenvalue weighted by molar-refractivity contribution is 5.13. The molecule has 0 aromatic carbocycles. The van der Waals surface area contributed by atoms with Gasteiger partial charge in [-0.15, -0.1) is 0 Å². The molecule has 0 aliphatic heterocycles. The molecule has 2 aromatic heterocycles. The number of hydrogen-bond acceptors (Lipinski definition) is 5. The fourth-order valence-electron chi connectivity index (χ4n) is 1.48. The summed E-state index contributed by atoms with van der Waals surface area (Å²) in [7, 11) is 0. The molecular formula is C12H15N3O2. The van der Waals surface area contributed by atoms with E-state index in [1.807, 2.05) is 12.1 Å². The van der Waals surface area contributed by atoms with E-state index >= 15 is 0 Å². The number of aromatic nitrogens is 3. The van der Waals surface area contributed by atoms with Crippen LogP contribution in [0, 0.1) is 0 Å². The number of aliphatic hydroxyl groups excluding tert-OH is 1. The maximum Gasteiger partial charge on any atom is 0.226 e. The van der Waals surface area contributed by atoms with Gasteiger partial charge < -0.3 is 9.63 Å². The summed E-state index contributed by atoms with van der Waals surface area (Å²) in [6, 6.07) is 3.85. The molecule has 0 radical (unpaired) electrons. The van der Waals surface area contributed by atoms with E-state index in [0.717, 1.165) is 5.56 Å². The van der Waals surface area contributed by atoms with E-state index in [-0.39, 0.29) is 6.10 Å². The molecule has 17 heavy (non-hydrogen) atoms. The predicted octanol–water partition coefficient (Wildman–Crippen LogP) is 1.37. The highest BCUT2D eigenvalue weighted by Gasteiger charge is 2.08. The summed E-state index contributed by atoms with van der Waals surface area (Å²) < 4.78 is 5.09. The highest BCUT2D eigenvalue weighted by Crippen LogP contribution is 2.07. The highest BCUT2D eigenvalue weighted by atomic mass is 16.5. The summed E-state index contributed by atoms with van der Waals surface area (Å²) in [6.07, 6.45) is 5.03. The van der Waals surface area contributed by atoms with Gasteiger partial charge in [0.15, 0.2) is 5.82 Å². The van der Waals surface area contributed by atoms with Gasteiger partial charge in [-0.1, -0.05) is 11.2 Å². The van der Waals surface area contributed by atoms with Crippen LogP contribution in [0.3, 0.4) is 0 Å². The Morgan fingerprint density at radius 3 is 3.06 bits per heavy atom. The SMILES string of the molecule is CC(O)CCc1nc(Cc2cccnc2)no1. The minimum Gasteiger partial charge on any atom is -0.393 e. The molecule has 0 aliphatic rings. The minimum absolute atomic E-state index is 0.344. The minimum atomic E-state index is -0.344. The van der Waals surface area contributed by atoms with Gasteiger partial charge in [0.1, 0.15) is 0 Å². The average molecular weight is 233 g/mol. The van der Waals surface area contributed by atoms with Crippen LogP contribution < -0.4 is 0 Å². The summed E-state index contributed by atoms with van der Waals surface area (Å²) in [6.45, 7) is 1.74. The van der Waals surface area contributed by atoms with Crippen LogP contribution in [0.4, 0.5) is 0 Å². The van der Waals surface area contributed by atoms with E-state index in [0.29, 0.717) is 31.0 Å². The van der Waals surface area contributed by atoms with Crippen LogP contribution in [0.15, 0.2) is 29.0 Å². The van der Waals surface area contributed by atoms with Crippen LogP contribution >= 0.6 is 0 Å². The largest absolute Gasteiger partial charge is 0.393 e. The van der Waals surface area contributed by atoms with Gasteiger partial charge in [-0.05, 0) is 25.0 Å². The second-order valence-corrected chi connectivity index (χ2v) is 4.03. The van der Waals surface area contributed by atoms with Crippen LogP contribution in [0.5, 0.6) is 0 Å². The first-order chi connectivity index (χ1) is 8.24. The molecule has 90 valence electrons. The fourth-order valence-corrected chi connectivity index (χ4v) is 1.48. The molecule has 1 atom stereocenters. The van der Waals surface area contributed by atoms with Crippen LogP contribution in [0.1, 0.15) is 30.6 Å². The van der Waals surface area contributed by atoms with E-state index in [9.17, 15) is 0 Å². The summed E-state index contributed by atoms with van der Waals surface area (Å²) in [5.74, 6) is 1.23. The van der Waals surface area contributed by atoms with Gasteiger partial charge in [0.25, 0.3) is 0 Å². The first-order valence-electron chi connectivity index (χ1n) is 5.62. The van der Waals surface area contributed by atoms with Crippen molar-refractivity contribution in [2.45, 2.75) is 32.3 Å². The predicted molar refractivity (Wildman–Crippen MR) is 61.3 cm³/mol. The Hall–Kier alpha value is -1.75. The maximum absolute atomic E-state index is 9.16. The second-order valence-electron chi connectivity index (χ2n) is 4.03. The van der Waals surface area contributed by atoms with Crippen molar-refractivity contribution in [3.05, 3.63) is 41.8 Å². The lowest BCUT2D eigenvalue weighted by Gasteiger charge is -1.98. The average Bonchev–Trinajstić information content (AvgIpc) is 2.75. The molecule has 1 unspecified atom stereocenters.